The number of hydrogen-bond acceptors (Lipinski definition) is 3. The number of amides is 1. The number of rotatable bonds is 7. The first-order valence-electron chi connectivity index (χ1n) is 7.60. The van der Waals surface area contributed by atoms with E-state index in [1.165, 1.54) is 0 Å². The normalized spacial score (nSPS) is 23.4. The third-order valence-corrected chi connectivity index (χ3v) is 4.25. The first-order chi connectivity index (χ1) is 9.10. The van der Waals surface area contributed by atoms with Gasteiger partial charge in [-0.3, -0.25) is 9.59 Å². The van der Waals surface area contributed by atoms with Crippen molar-refractivity contribution in [3.8, 4) is 0 Å². The minimum atomic E-state index is -0.0945. The standard InChI is InChI=1S/C15H28N2O2/c1-4-17(5-2)11-10-16-15(19)14-9-7-6-8-13(14)12(3)18/h13-14H,4-11H2,1-3H3,(H,16,19)/t13-,14-/m0/s1. The van der Waals surface area contributed by atoms with Crippen molar-refractivity contribution in [1.29, 1.82) is 0 Å². The Kier molecular flexibility index (Phi) is 7.06. The lowest BCUT2D eigenvalue weighted by Gasteiger charge is -2.29. The number of carbonyl (C=O) groups is 2. The van der Waals surface area contributed by atoms with E-state index in [9.17, 15) is 9.59 Å². The summed E-state index contributed by atoms with van der Waals surface area (Å²) in [5.74, 6) is 0.0980. The van der Waals surface area contributed by atoms with Crippen LogP contribution in [0, 0.1) is 11.8 Å². The highest BCUT2D eigenvalue weighted by molar-refractivity contribution is 5.87. The van der Waals surface area contributed by atoms with Gasteiger partial charge in [-0.05, 0) is 32.9 Å². The van der Waals surface area contributed by atoms with E-state index < -0.39 is 0 Å². The summed E-state index contributed by atoms with van der Waals surface area (Å²) in [5.41, 5.74) is 0. The molecule has 0 aromatic rings. The van der Waals surface area contributed by atoms with Gasteiger partial charge in [0.1, 0.15) is 5.78 Å². The predicted molar refractivity (Wildman–Crippen MR) is 76.9 cm³/mol. The van der Waals surface area contributed by atoms with Gasteiger partial charge in [0.25, 0.3) is 0 Å². The van der Waals surface area contributed by atoms with Gasteiger partial charge >= 0.3 is 0 Å². The molecule has 0 saturated heterocycles. The summed E-state index contributed by atoms with van der Waals surface area (Å²) >= 11 is 0. The summed E-state index contributed by atoms with van der Waals surface area (Å²) in [6, 6.07) is 0. The fraction of sp³-hybridized carbons (Fsp3) is 0.867. The molecule has 1 rings (SSSR count). The molecule has 4 heteroatoms. The second kappa shape index (κ2) is 8.31. The molecule has 0 spiro atoms. The largest absolute Gasteiger partial charge is 0.355 e. The minimum absolute atomic E-state index is 0.0535. The van der Waals surface area contributed by atoms with Gasteiger partial charge in [0.05, 0.1) is 0 Å². The van der Waals surface area contributed by atoms with E-state index in [1.54, 1.807) is 6.92 Å². The molecule has 0 heterocycles. The molecule has 1 aliphatic carbocycles. The first kappa shape index (κ1) is 16.2. The zero-order valence-electron chi connectivity index (χ0n) is 12.6. The number of hydrogen-bond donors (Lipinski definition) is 1. The Balaban J connectivity index is 2.40. The molecular formula is C15H28N2O2. The van der Waals surface area contributed by atoms with Gasteiger partial charge in [0, 0.05) is 24.9 Å². The molecule has 0 aromatic carbocycles. The molecule has 1 saturated carbocycles. The van der Waals surface area contributed by atoms with Crippen LogP contribution in [0.4, 0.5) is 0 Å². The van der Waals surface area contributed by atoms with Crippen molar-refractivity contribution in [3.63, 3.8) is 0 Å². The highest BCUT2D eigenvalue weighted by Crippen LogP contribution is 2.30. The average Bonchev–Trinajstić information content (AvgIpc) is 2.43. The Hall–Kier alpha value is -0.900. The number of ketones is 1. The zero-order chi connectivity index (χ0) is 14.3. The van der Waals surface area contributed by atoms with Gasteiger partial charge in [-0.2, -0.15) is 0 Å². The van der Waals surface area contributed by atoms with Gasteiger partial charge in [-0.25, -0.2) is 0 Å². The number of carbonyl (C=O) groups excluding carboxylic acids is 2. The molecule has 0 radical (unpaired) electrons. The van der Waals surface area contributed by atoms with Crippen LogP contribution in [0.2, 0.25) is 0 Å². The molecule has 1 amide bonds. The number of nitrogens with zero attached hydrogens (tertiary/aromatic N) is 1. The second-order valence-electron chi connectivity index (χ2n) is 5.43. The number of nitrogens with one attached hydrogen (secondary N) is 1. The summed E-state index contributed by atoms with van der Waals surface area (Å²) in [4.78, 5) is 26.1. The Bertz CT molecular complexity index is 301. The van der Waals surface area contributed by atoms with Gasteiger partial charge in [-0.1, -0.05) is 26.7 Å². The summed E-state index contributed by atoms with van der Waals surface area (Å²) in [6.45, 7) is 9.44. The van der Waals surface area contributed by atoms with Crippen molar-refractivity contribution in [3.05, 3.63) is 0 Å². The summed E-state index contributed by atoms with van der Waals surface area (Å²) in [5, 5.41) is 3.00. The zero-order valence-corrected chi connectivity index (χ0v) is 12.6. The molecular weight excluding hydrogens is 240 g/mol. The lowest BCUT2D eigenvalue weighted by Crippen LogP contribution is -2.42. The van der Waals surface area contributed by atoms with E-state index in [-0.39, 0.29) is 23.5 Å². The van der Waals surface area contributed by atoms with Gasteiger partial charge < -0.3 is 10.2 Å². The van der Waals surface area contributed by atoms with E-state index in [4.69, 9.17) is 0 Å². The van der Waals surface area contributed by atoms with Crippen molar-refractivity contribution in [2.75, 3.05) is 26.2 Å². The first-order valence-corrected chi connectivity index (χ1v) is 7.60. The van der Waals surface area contributed by atoms with Crippen LogP contribution < -0.4 is 5.32 Å². The van der Waals surface area contributed by atoms with Crippen molar-refractivity contribution in [1.82, 2.24) is 10.2 Å². The molecule has 4 nitrogen and oxygen atoms in total. The lowest BCUT2D eigenvalue weighted by atomic mass is 9.77. The van der Waals surface area contributed by atoms with Gasteiger partial charge in [0.15, 0.2) is 0 Å². The smallest absolute Gasteiger partial charge is 0.223 e. The molecule has 2 atom stereocenters. The molecule has 0 aromatic heterocycles. The van der Waals surface area contributed by atoms with Crippen molar-refractivity contribution < 1.29 is 9.59 Å². The van der Waals surface area contributed by atoms with Crippen LogP contribution in [0.1, 0.15) is 46.5 Å². The predicted octanol–water partition coefficient (Wildman–Crippen LogP) is 1.84. The molecule has 0 unspecified atom stereocenters. The Labute approximate surface area is 116 Å². The highest BCUT2D eigenvalue weighted by atomic mass is 16.2. The fourth-order valence-corrected chi connectivity index (χ4v) is 2.94. The SMILES string of the molecule is CCN(CC)CCNC(=O)[C@H]1CCCC[C@H]1C(C)=O. The van der Waals surface area contributed by atoms with Crippen LogP contribution in [-0.4, -0.2) is 42.8 Å². The van der Waals surface area contributed by atoms with E-state index in [2.05, 4.69) is 24.1 Å². The Morgan fingerprint density at radius 2 is 1.68 bits per heavy atom. The monoisotopic (exact) mass is 268 g/mol. The number of Topliss-reactive ketones (excluding diaryl/α,β-unsaturated/α-hetero) is 1. The Morgan fingerprint density at radius 1 is 1.11 bits per heavy atom. The molecule has 110 valence electrons. The van der Waals surface area contributed by atoms with Crippen molar-refractivity contribution in [2.45, 2.75) is 46.5 Å². The van der Waals surface area contributed by atoms with Crippen LogP contribution >= 0.6 is 0 Å². The van der Waals surface area contributed by atoms with E-state index in [0.717, 1.165) is 45.3 Å². The summed E-state index contributed by atoms with van der Waals surface area (Å²) in [6.07, 6.45) is 3.89. The fourth-order valence-electron chi connectivity index (χ4n) is 2.94. The number of likely N-dealkylation sites (N-methyl/N-ethyl adjacent to an activating group) is 1. The lowest BCUT2D eigenvalue weighted by molar-refractivity contribution is -0.134. The van der Waals surface area contributed by atoms with Crippen LogP contribution in [0.25, 0.3) is 0 Å². The van der Waals surface area contributed by atoms with Crippen molar-refractivity contribution >= 4 is 11.7 Å². The summed E-state index contributed by atoms with van der Waals surface area (Å²) < 4.78 is 0. The second-order valence-corrected chi connectivity index (χ2v) is 5.43. The van der Waals surface area contributed by atoms with Gasteiger partial charge in [0.2, 0.25) is 5.91 Å². The molecule has 19 heavy (non-hydrogen) atoms. The third-order valence-electron chi connectivity index (χ3n) is 4.25. The van der Waals surface area contributed by atoms with Crippen LogP contribution in [0.3, 0.4) is 0 Å². The van der Waals surface area contributed by atoms with E-state index in [1.807, 2.05) is 0 Å². The molecule has 1 N–H and O–H groups in total. The Morgan fingerprint density at radius 3 is 2.21 bits per heavy atom. The van der Waals surface area contributed by atoms with E-state index in [0.29, 0.717) is 6.54 Å². The van der Waals surface area contributed by atoms with Crippen molar-refractivity contribution in [2.24, 2.45) is 11.8 Å². The molecule has 1 fully saturated rings. The average molecular weight is 268 g/mol. The molecule has 0 bridgehead atoms. The minimum Gasteiger partial charge on any atom is -0.355 e. The van der Waals surface area contributed by atoms with Gasteiger partial charge in [-0.15, -0.1) is 0 Å². The van der Waals surface area contributed by atoms with Crippen LogP contribution in [-0.2, 0) is 9.59 Å². The maximum Gasteiger partial charge on any atom is 0.223 e. The maximum absolute atomic E-state index is 12.2. The van der Waals surface area contributed by atoms with E-state index >= 15 is 0 Å². The quantitative estimate of drug-likeness (QED) is 0.766. The molecule has 1 aliphatic rings. The third kappa shape index (κ3) is 4.94. The topological polar surface area (TPSA) is 49.4 Å². The molecule has 0 aliphatic heterocycles. The summed E-state index contributed by atoms with van der Waals surface area (Å²) in [7, 11) is 0. The van der Waals surface area contributed by atoms with Crippen LogP contribution in [0.15, 0.2) is 0 Å². The van der Waals surface area contributed by atoms with Crippen LogP contribution in [0.5, 0.6) is 0 Å². The highest BCUT2D eigenvalue weighted by Gasteiger charge is 2.33. The maximum atomic E-state index is 12.2.